The van der Waals surface area contributed by atoms with Crippen molar-refractivity contribution in [2.24, 2.45) is 5.41 Å². The van der Waals surface area contributed by atoms with E-state index in [1.807, 2.05) is 24.3 Å². The molecule has 134 valence electrons. The van der Waals surface area contributed by atoms with Crippen molar-refractivity contribution < 1.29 is 14.6 Å². The molecule has 2 aliphatic carbocycles. The standard InChI is InChI=1S/C22H28O3/c1-22(2)12-4-5-19(22)18-13-15(14-23)8-11-17(18)20-6-3-7-21(25-20)24-16-9-10-16/h3,6-8,11,13,16,19,21,23H,4-5,9-10,12,14H2,1-2H3/t19-,21?/m1/s1. The molecule has 1 aromatic rings. The third kappa shape index (κ3) is 3.54. The van der Waals surface area contributed by atoms with E-state index >= 15 is 0 Å². The van der Waals surface area contributed by atoms with Crippen LogP contribution in [0.5, 0.6) is 0 Å². The second-order valence-corrected chi connectivity index (χ2v) is 8.25. The predicted molar refractivity (Wildman–Crippen MR) is 98.8 cm³/mol. The van der Waals surface area contributed by atoms with Crippen molar-refractivity contribution >= 4 is 5.76 Å². The zero-order valence-corrected chi connectivity index (χ0v) is 15.2. The van der Waals surface area contributed by atoms with Gasteiger partial charge in [0.1, 0.15) is 5.76 Å². The second-order valence-electron chi connectivity index (χ2n) is 8.25. The summed E-state index contributed by atoms with van der Waals surface area (Å²) in [5, 5.41) is 9.61. The molecule has 0 aromatic heterocycles. The monoisotopic (exact) mass is 340 g/mol. The maximum atomic E-state index is 9.61. The van der Waals surface area contributed by atoms with E-state index < -0.39 is 0 Å². The molecule has 1 unspecified atom stereocenters. The maximum Gasteiger partial charge on any atom is 0.220 e. The summed E-state index contributed by atoms with van der Waals surface area (Å²) in [6.07, 6.45) is 12.1. The zero-order valence-electron chi connectivity index (χ0n) is 15.2. The van der Waals surface area contributed by atoms with Crippen LogP contribution in [0.15, 0.2) is 36.4 Å². The Labute approximate surface area is 150 Å². The number of aliphatic hydroxyl groups excluding tert-OH is 1. The average Bonchev–Trinajstić information content (AvgIpc) is 3.35. The van der Waals surface area contributed by atoms with Crippen molar-refractivity contribution in [2.75, 3.05) is 0 Å². The molecular weight excluding hydrogens is 312 g/mol. The minimum atomic E-state index is -0.283. The molecule has 1 N–H and O–H groups in total. The highest BCUT2D eigenvalue weighted by atomic mass is 16.7. The van der Waals surface area contributed by atoms with Gasteiger partial charge >= 0.3 is 0 Å². The molecule has 1 aliphatic heterocycles. The van der Waals surface area contributed by atoms with E-state index in [1.165, 1.54) is 24.8 Å². The first kappa shape index (κ1) is 16.9. The Morgan fingerprint density at radius 2 is 2.08 bits per heavy atom. The molecule has 0 saturated heterocycles. The van der Waals surface area contributed by atoms with Gasteiger partial charge in [-0.05, 0) is 60.3 Å². The van der Waals surface area contributed by atoms with Gasteiger partial charge in [0.05, 0.1) is 12.7 Å². The number of rotatable bonds is 5. The number of aliphatic hydroxyl groups is 1. The number of allylic oxidation sites excluding steroid dienone is 2. The predicted octanol–water partition coefficient (Wildman–Crippen LogP) is 4.91. The van der Waals surface area contributed by atoms with Crippen LogP contribution in [0.2, 0.25) is 0 Å². The molecule has 0 radical (unpaired) electrons. The molecule has 3 nitrogen and oxygen atoms in total. The summed E-state index contributed by atoms with van der Waals surface area (Å²) in [6.45, 7) is 4.79. The zero-order chi connectivity index (χ0) is 17.4. The van der Waals surface area contributed by atoms with Crippen molar-refractivity contribution in [2.45, 2.75) is 70.9 Å². The van der Waals surface area contributed by atoms with Crippen LogP contribution in [0.4, 0.5) is 0 Å². The van der Waals surface area contributed by atoms with E-state index in [9.17, 15) is 5.11 Å². The fraction of sp³-hybridized carbons (Fsp3) is 0.545. The quantitative estimate of drug-likeness (QED) is 0.828. The van der Waals surface area contributed by atoms with Crippen molar-refractivity contribution in [3.8, 4) is 0 Å². The van der Waals surface area contributed by atoms with Crippen molar-refractivity contribution in [3.63, 3.8) is 0 Å². The lowest BCUT2D eigenvalue weighted by atomic mass is 9.75. The van der Waals surface area contributed by atoms with Crippen LogP contribution in [0, 0.1) is 5.41 Å². The SMILES string of the molecule is CC1(C)CCC[C@@H]1c1cc(CO)ccc1C1=CC=CC(OC2CC2)O1. The third-order valence-electron chi connectivity index (χ3n) is 5.81. The largest absolute Gasteiger partial charge is 0.461 e. The molecular formula is C22H28O3. The first-order chi connectivity index (χ1) is 12.1. The molecule has 2 atom stereocenters. The lowest BCUT2D eigenvalue weighted by Gasteiger charge is -2.31. The Balaban J connectivity index is 1.66. The van der Waals surface area contributed by atoms with Gasteiger partial charge in [-0.3, -0.25) is 0 Å². The van der Waals surface area contributed by atoms with Gasteiger partial charge in [0, 0.05) is 5.56 Å². The fourth-order valence-electron chi connectivity index (χ4n) is 4.18. The first-order valence-corrected chi connectivity index (χ1v) is 9.51. The Hall–Kier alpha value is -1.58. The van der Waals surface area contributed by atoms with Crippen LogP contribution in [0.1, 0.15) is 68.6 Å². The average molecular weight is 340 g/mol. The van der Waals surface area contributed by atoms with Crippen LogP contribution in [0.3, 0.4) is 0 Å². The van der Waals surface area contributed by atoms with E-state index in [4.69, 9.17) is 9.47 Å². The molecule has 1 heterocycles. The number of hydrogen-bond donors (Lipinski definition) is 1. The van der Waals surface area contributed by atoms with Gasteiger partial charge in [-0.1, -0.05) is 44.5 Å². The van der Waals surface area contributed by atoms with E-state index in [-0.39, 0.29) is 18.3 Å². The lowest BCUT2D eigenvalue weighted by Crippen LogP contribution is -2.20. The van der Waals surface area contributed by atoms with E-state index in [0.29, 0.717) is 12.0 Å². The normalized spacial score (nSPS) is 27.9. The minimum Gasteiger partial charge on any atom is -0.461 e. The highest BCUT2D eigenvalue weighted by Crippen LogP contribution is 2.50. The number of ether oxygens (including phenoxy) is 2. The molecule has 0 bridgehead atoms. The van der Waals surface area contributed by atoms with Crippen LogP contribution in [0.25, 0.3) is 5.76 Å². The van der Waals surface area contributed by atoms with Gasteiger partial charge in [-0.25, -0.2) is 0 Å². The Bertz CT molecular complexity index is 697. The highest BCUT2D eigenvalue weighted by molar-refractivity contribution is 5.67. The molecule has 2 saturated carbocycles. The number of hydrogen-bond acceptors (Lipinski definition) is 3. The molecule has 25 heavy (non-hydrogen) atoms. The van der Waals surface area contributed by atoms with Crippen molar-refractivity contribution in [3.05, 3.63) is 53.1 Å². The molecule has 4 rings (SSSR count). The van der Waals surface area contributed by atoms with Gasteiger partial charge in [0.2, 0.25) is 6.29 Å². The van der Waals surface area contributed by atoms with Crippen LogP contribution in [-0.2, 0) is 16.1 Å². The first-order valence-electron chi connectivity index (χ1n) is 9.51. The molecule has 0 amide bonds. The fourth-order valence-corrected chi connectivity index (χ4v) is 4.18. The molecule has 3 aliphatic rings. The van der Waals surface area contributed by atoms with Crippen molar-refractivity contribution in [1.29, 1.82) is 0 Å². The summed E-state index contributed by atoms with van der Waals surface area (Å²) in [4.78, 5) is 0. The summed E-state index contributed by atoms with van der Waals surface area (Å²) in [7, 11) is 0. The molecule has 3 heteroatoms. The molecule has 0 spiro atoms. The smallest absolute Gasteiger partial charge is 0.220 e. The summed E-state index contributed by atoms with van der Waals surface area (Å²) < 4.78 is 12.1. The van der Waals surface area contributed by atoms with Gasteiger partial charge in [-0.15, -0.1) is 0 Å². The Morgan fingerprint density at radius 3 is 2.76 bits per heavy atom. The van der Waals surface area contributed by atoms with Gasteiger partial charge in [-0.2, -0.15) is 0 Å². The molecule has 2 fully saturated rings. The van der Waals surface area contributed by atoms with Gasteiger partial charge < -0.3 is 14.6 Å². The van der Waals surface area contributed by atoms with E-state index in [2.05, 4.69) is 26.0 Å². The third-order valence-corrected chi connectivity index (χ3v) is 5.81. The van der Waals surface area contributed by atoms with Crippen LogP contribution >= 0.6 is 0 Å². The van der Waals surface area contributed by atoms with Gasteiger partial charge in [0.15, 0.2) is 0 Å². The minimum absolute atomic E-state index is 0.0770. The van der Waals surface area contributed by atoms with E-state index in [0.717, 1.165) is 29.7 Å². The number of benzene rings is 1. The maximum absolute atomic E-state index is 9.61. The second kappa shape index (κ2) is 6.62. The Morgan fingerprint density at radius 1 is 1.24 bits per heavy atom. The molecule has 1 aromatic carbocycles. The van der Waals surface area contributed by atoms with Crippen molar-refractivity contribution in [1.82, 2.24) is 0 Å². The highest BCUT2D eigenvalue weighted by Gasteiger charge is 2.37. The van der Waals surface area contributed by atoms with Crippen LogP contribution < -0.4 is 0 Å². The summed E-state index contributed by atoms with van der Waals surface area (Å²) in [6, 6.07) is 6.28. The van der Waals surface area contributed by atoms with Gasteiger partial charge in [0.25, 0.3) is 0 Å². The lowest BCUT2D eigenvalue weighted by molar-refractivity contribution is -0.0732. The Kier molecular flexibility index (Phi) is 4.47. The topological polar surface area (TPSA) is 38.7 Å². The summed E-state index contributed by atoms with van der Waals surface area (Å²) in [5.74, 6) is 1.38. The summed E-state index contributed by atoms with van der Waals surface area (Å²) in [5.41, 5.74) is 3.70. The van der Waals surface area contributed by atoms with E-state index in [1.54, 1.807) is 0 Å². The summed E-state index contributed by atoms with van der Waals surface area (Å²) >= 11 is 0. The van der Waals surface area contributed by atoms with Crippen LogP contribution in [-0.4, -0.2) is 17.5 Å².